The van der Waals surface area contributed by atoms with Gasteiger partial charge in [-0.25, -0.2) is 13.4 Å². The minimum absolute atomic E-state index is 0. The normalized spacial score (nSPS) is 15.9. The van der Waals surface area contributed by atoms with Gasteiger partial charge in [-0.1, -0.05) is 24.2 Å². The Morgan fingerprint density at radius 2 is 1.66 bits per heavy atom. The first kappa shape index (κ1) is 28.6. The van der Waals surface area contributed by atoms with Gasteiger partial charge in [-0.2, -0.15) is 4.31 Å². The number of amides is 1. The highest BCUT2D eigenvalue weighted by molar-refractivity contribution is 7.89. The third-order valence-electron chi connectivity index (χ3n) is 6.64. The van der Waals surface area contributed by atoms with Gasteiger partial charge in [0, 0.05) is 37.3 Å². The van der Waals surface area contributed by atoms with E-state index in [1.807, 2.05) is 26.2 Å². The molecule has 0 unspecified atom stereocenters. The van der Waals surface area contributed by atoms with Crippen molar-refractivity contribution < 1.29 is 22.7 Å². The molecule has 0 bridgehead atoms. The van der Waals surface area contributed by atoms with Crippen molar-refractivity contribution in [3.05, 3.63) is 42.0 Å². The third kappa shape index (κ3) is 6.07. The average Bonchev–Trinajstić information content (AvgIpc) is 3.40. The van der Waals surface area contributed by atoms with Crippen LogP contribution in [0.4, 0.5) is 5.13 Å². The van der Waals surface area contributed by atoms with E-state index in [1.54, 1.807) is 33.5 Å². The Bertz CT molecular complexity index is 1330. The standard InChI is InChI=1S/C26H32N4O5S2.ClH/c1-28(2)12-7-15-30(26-27-21-16-22-23(35-18-34-22)17-24(21)36-26)25(31)19-8-10-20(11-9-19)37(32,33)29-13-5-3-4-6-14-29;/h8-11,16-17H,3-7,12-15,18H2,1-2H3;1H. The summed E-state index contributed by atoms with van der Waals surface area (Å²) in [6.45, 7) is 2.58. The first-order valence-corrected chi connectivity index (χ1v) is 14.9. The molecule has 9 nitrogen and oxygen atoms in total. The Balaban J connectivity index is 0.00000336. The highest BCUT2D eigenvalue weighted by Gasteiger charge is 2.27. The van der Waals surface area contributed by atoms with Gasteiger partial charge >= 0.3 is 0 Å². The van der Waals surface area contributed by atoms with E-state index in [1.165, 1.54) is 11.3 Å². The first-order chi connectivity index (χ1) is 17.8. The van der Waals surface area contributed by atoms with Gasteiger partial charge in [0.15, 0.2) is 16.6 Å². The summed E-state index contributed by atoms with van der Waals surface area (Å²) in [5.41, 5.74) is 1.17. The molecule has 0 spiro atoms. The van der Waals surface area contributed by atoms with Crippen LogP contribution in [0.1, 0.15) is 42.5 Å². The molecule has 1 fully saturated rings. The number of carbonyl (C=O) groups is 1. The van der Waals surface area contributed by atoms with Crippen LogP contribution in [0.25, 0.3) is 10.2 Å². The van der Waals surface area contributed by atoms with Gasteiger partial charge in [-0.3, -0.25) is 9.69 Å². The van der Waals surface area contributed by atoms with Crippen LogP contribution in [0.15, 0.2) is 41.3 Å². The number of fused-ring (bicyclic) bond motifs is 2. The molecule has 1 aromatic heterocycles. The van der Waals surface area contributed by atoms with Crippen LogP contribution in [0, 0.1) is 0 Å². The number of aromatic nitrogens is 1. The fourth-order valence-electron chi connectivity index (χ4n) is 4.61. The fraction of sp³-hybridized carbons (Fsp3) is 0.462. The summed E-state index contributed by atoms with van der Waals surface area (Å²) in [6.07, 6.45) is 4.62. The van der Waals surface area contributed by atoms with Crippen molar-refractivity contribution >= 4 is 55.0 Å². The molecular formula is C26H33ClN4O5S2. The monoisotopic (exact) mass is 580 g/mol. The van der Waals surface area contributed by atoms with Crippen molar-refractivity contribution in [3.8, 4) is 11.5 Å². The molecule has 3 heterocycles. The summed E-state index contributed by atoms with van der Waals surface area (Å²) in [4.78, 5) is 22.4. The Labute approximate surface area is 233 Å². The molecule has 206 valence electrons. The highest BCUT2D eigenvalue weighted by Crippen LogP contribution is 2.40. The lowest BCUT2D eigenvalue weighted by Gasteiger charge is -2.22. The molecule has 12 heteroatoms. The average molecular weight is 581 g/mol. The van der Waals surface area contributed by atoms with Crippen molar-refractivity contribution in [2.24, 2.45) is 0 Å². The van der Waals surface area contributed by atoms with Gasteiger partial charge in [0.2, 0.25) is 16.8 Å². The van der Waals surface area contributed by atoms with Crippen LogP contribution in [-0.2, 0) is 10.0 Å². The van der Waals surface area contributed by atoms with Crippen LogP contribution in [0.2, 0.25) is 0 Å². The number of nitrogens with zero attached hydrogens (tertiary/aromatic N) is 4. The summed E-state index contributed by atoms with van der Waals surface area (Å²) in [5, 5.41) is 0.587. The molecule has 0 radical (unpaired) electrons. The van der Waals surface area contributed by atoms with Crippen LogP contribution in [-0.4, -0.2) is 75.6 Å². The smallest absolute Gasteiger partial charge is 0.260 e. The maximum atomic E-state index is 13.7. The molecule has 0 saturated carbocycles. The molecule has 5 rings (SSSR count). The largest absolute Gasteiger partial charge is 0.454 e. The second-order valence-corrected chi connectivity index (χ2v) is 12.6. The molecule has 2 aliphatic rings. The van der Waals surface area contributed by atoms with Crippen LogP contribution in [0.5, 0.6) is 11.5 Å². The lowest BCUT2D eigenvalue weighted by molar-refractivity contribution is 0.0986. The SMILES string of the molecule is CN(C)CCCN(C(=O)c1ccc(S(=O)(=O)N2CCCCCC2)cc1)c1nc2cc3c(cc2s1)OCO3.Cl. The fourth-order valence-corrected chi connectivity index (χ4v) is 7.12. The highest BCUT2D eigenvalue weighted by atomic mass is 35.5. The molecule has 1 amide bonds. The summed E-state index contributed by atoms with van der Waals surface area (Å²) in [6, 6.07) is 10.0. The number of sulfonamides is 1. The zero-order chi connectivity index (χ0) is 26.0. The molecule has 1 saturated heterocycles. The topological polar surface area (TPSA) is 92.3 Å². The van der Waals surface area contributed by atoms with E-state index in [0.29, 0.717) is 41.8 Å². The minimum Gasteiger partial charge on any atom is -0.454 e. The van der Waals surface area contributed by atoms with E-state index in [2.05, 4.69) is 4.90 Å². The molecule has 0 atom stereocenters. The Hall–Kier alpha value is -2.44. The number of hydrogen-bond acceptors (Lipinski definition) is 8. The molecule has 2 aliphatic heterocycles. The minimum atomic E-state index is -3.58. The van der Waals surface area contributed by atoms with Gasteiger partial charge in [-0.15, -0.1) is 12.4 Å². The van der Waals surface area contributed by atoms with E-state index in [4.69, 9.17) is 14.5 Å². The van der Waals surface area contributed by atoms with E-state index in [9.17, 15) is 13.2 Å². The first-order valence-electron chi connectivity index (χ1n) is 12.6. The zero-order valence-corrected chi connectivity index (χ0v) is 24.0. The van der Waals surface area contributed by atoms with Crippen molar-refractivity contribution in [2.45, 2.75) is 37.0 Å². The number of carbonyl (C=O) groups excluding carboxylic acids is 1. The predicted octanol–water partition coefficient (Wildman–Crippen LogP) is 4.61. The molecule has 0 N–H and O–H groups in total. The van der Waals surface area contributed by atoms with Crippen molar-refractivity contribution in [3.63, 3.8) is 0 Å². The number of halogens is 1. The lowest BCUT2D eigenvalue weighted by atomic mass is 10.2. The molecule has 38 heavy (non-hydrogen) atoms. The second kappa shape index (κ2) is 12.2. The quantitative estimate of drug-likeness (QED) is 0.384. The summed E-state index contributed by atoms with van der Waals surface area (Å²) in [5.74, 6) is 1.11. The number of ether oxygens (including phenoxy) is 2. The van der Waals surface area contributed by atoms with Gasteiger partial charge in [0.1, 0.15) is 0 Å². The van der Waals surface area contributed by atoms with Gasteiger partial charge < -0.3 is 14.4 Å². The number of hydrogen-bond donors (Lipinski definition) is 0. The summed E-state index contributed by atoms with van der Waals surface area (Å²) in [7, 11) is 0.412. The van der Waals surface area contributed by atoms with E-state index < -0.39 is 10.0 Å². The number of rotatable bonds is 8. The zero-order valence-electron chi connectivity index (χ0n) is 21.6. The van der Waals surface area contributed by atoms with Crippen LogP contribution < -0.4 is 14.4 Å². The third-order valence-corrected chi connectivity index (χ3v) is 9.59. The number of anilines is 1. The van der Waals surface area contributed by atoms with E-state index >= 15 is 0 Å². The van der Waals surface area contributed by atoms with Gasteiger partial charge in [0.05, 0.1) is 15.1 Å². The van der Waals surface area contributed by atoms with Crippen molar-refractivity contribution in [1.29, 1.82) is 0 Å². The van der Waals surface area contributed by atoms with E-state index in [0.717, 1.165) is 48.9 Å². The summed E-state index contributed by atoms with van der Waals surface area (Å²) < 4.78 is 39.8. The predicted molar refractivity (Wildman–Crippen MR) is 152 cm³/mol. The lowest BCUT2D eigenvalue weighted by Crippen LogP contribution is -2.34. The Morgan fingerprint density at radius 1 is 1.00 bits per heavy atom. The Kier molecular flexibility index (Phi) is 9.15. The van der Waals surface area contributed by atoms with Crippen molar-refractivity contribution in [2.75, 3.05) is 52.0 Å². The number of benzene rings is 2. The molecular weight excluding hydrogens is 548 g/mol. The maximum absolute atomic E-state index is 13.7. The van der Waals surface area contributed by atoms with Gasteiger partial charge in [0.25, 0.3) is 5.91 Å². The van der Waals surface area contributed by atoms with E-state index in [-0.39, 0.29) is 30.0 Å². The molecule has 0 aliphatic carbocycles. The summed E-state index contributed by atoms with van der Waals surface area (Å²) >= 11 is 1.42. The van der Waals surface area contributed by atoms with Crippen LogP contribution >= 0.6 is 23.7 Å². The van der Waals surface area contributed by atoms with Crippen molar-refractivity contribution in [1.82, 2.24) is 14.2 Å². The molecule has 2 aromatic carbocycles. The number of thiazole rings is 1. The Morgan fingerprint density at radius 3 is 2.32 bits per heavy atom. The molecule has 3 aromatic rings. The maximum Gasteiger partial charge on any atom is 0.260 e. The van der Waals surface area contributed by atoms with Crippen LogP contribution in [0.3, 0.4) is 0 Å². The second-order valence-electron chi connectivity index (χ2n) is 9.63. The van der Waals surface area contributed by atoms with Gasteiger partial charge in [-0.05, 0) is 64.2 Å².